The molecule has 1 aromatic rings. The van der Waals surface area contributed by atoms with Gasteiger partial charge >= 0.3 is 0 Å². The summed E-state index contributed by atoms with van der Waals surface area (Å²) in [4.78, 5) is 0.137. The largest absolute Gasteiger partial charge is 0.396 e. The number of nitrogens with two attached hydrogens (primary N) is 1. The summed E-state index contributed by atoms with van der Waals surface area (Å²) < 4.78 is 23.6. The van der Waals surface area contributed by atoms with E-state index >= 15 is 0 Å². The normalized spacial score (nSPS) is 11.1. The lowest BCUT2D eigenvalue weighted by Crippen LogP contribution is -2.08. The van der Waals surface area contributed by atoms with E-state index in [2.05, 4.69) is 27.8 Å². The Labute approximate surface area is 104 Å². The number of anilines is 2. The highest BCUT2D eigenvalue weighted by molar-refractivity contribution is 9.11. The van der Waals surface area contributed by atoms with Crippen molar-refractivity contribution in [1.82, 2.24) is 0 Å². The lowest BCUT2D eigenvalue weighted by molar-refractivity contribution is 0.602. The molecule has 0 atom stereocenters. The molecule has 0 saturated carbocycles. The highest BCUT2D eigenvalue weighted by atomic mass is 79.9. The Morgan fingerprint density at radius 2 is 2.19 bits per heavy atom. The summed E-state index contributed by atoms with van der Waals surface area (Å²) in [6.45, 7) is 4.15. The van der Waals surface area contributed by atoms with E-state index < -0.39 is 9.84 Å². The van der Waals surface area contributed by atoms with E-state index in [1.54, 1.807) is 12.1 Å². The zero-order chi connectivity index (χ0) is 12.3. The number of nitrogens with one attached hydrogen (secondary N) is 1. The van der Waals surface area contributed by atoms with Crippen LogP contribution in [0, 0.1) is 0 Å². The van der Waals surface area contributed by atoms with E-state index in [-0.39, 0.29) is 10.6 Å². The molecule has 4 nitrogen and oxygen atoms in total. The molecular formula is C10H13BrN2O2S. The summed E-state index contributed by atoms with van der Waals surface area (Å²) >= 11 is 3.20. The topological polar surface area (TPSA) is 72.2 Å². The van der Waals surface area contributed by atoms with Crippen LogP contribution in [0.25, 0.3) is 0 Å². The predicted molar refractivity (Wildman–Crippen MR) is 70.5 cm³/mol. The fraction of sp³-hybridized carbons (Fsp3) is 0.200. The number of sulfone groups is 1. The van der Waals surface area contributed by atoms with E-state index in [4.69, 9.17) is 5.73 Å². The van der Waals surface area contributed by atoms with Gasteiger partial charge in [-0.05, 0) is 12.1 Å². The van der Waals surface area contributed by atoms with Crippen molar-refractivity contribution < 1.29 is 8.42 Å². The molecule has 0 spiro atoms. The van der Waals surface area contributed by atoms with Gasteiger partial charge in [-0.2, -0.15) is 0 Å². The van der Waals surface area contributed by atoms with Crippen molar-refractivity contribution in [3.63, 3.8) is 0 Å². The molecule has 0 aliphatic rings. The lowest BCUT2D eigenvalue weighted by Gasteiger charge is -2.11. The van der Waals surface area contributed by atoms with Gasteiger partial charge < -0.3 is 11.1 Å². The maximum atomic E-state index is 11.4. The van der Waals surface area contributed by atoms with Gasteiger partial charge in [0.1, 0.15) is 0 Å². The van der Waals surface area contributed by atoms with E-state index in [0.29, 0.717) is 12.2 Å². The smallest absolute Gasteiger partial charge is 0.177 e. The van der Waals surface area contributed by atoms with E-state index in [1.807, 2.05) is 0 Å². The molecule has 0 radical (unpaired) electrons. The van der Waals surface area contributed by atoms with Crippen molar-refractivity contribution in [1.29, 1.82) is 0 Å². The number of hydrogen-bond donors (Lipinski definition) is 2. The lowest BCUT2D eigenvalue weighted by atomic mass is 10.2. The second-order valence-electron chi connectivity index (χ2n) is 3.36. The molecule has 0 aromatic heterocycles. The van der Waals surface area contributed by atoms with Crippen LogP contribution >= 0.6 is 15.9 Å². The first-order chi connectivity index (χ1) is 7.32. The third kappa shape index (κ3) is 3.24. The fourth-order valence-corrected chi connectivity index (χ4v) is 2.19. The second-order valence-corrected chi connectivity index (χ2v) is 6.47. The molecule has 1 rings (SSSR count). The summed E-state index contributed by atoms with van der Waals surface area (Å²) in [6.07, 6.45) is 1.13. The molecule has 0 saturated heterocycles. The number of rotatable bonds is 4. The standard InChI is InChI=1S/C10H13BrN2O2S/c1-7(11)6-13-8-4-3-5-9(10(8)12)16(2,14)15/h3-5,13H,1,6,12H2,2H3. The minimum Gasteiger partial charge on any atom is -0.396 e. The summed E-state index contributed by atoms with van der Waals surface area (Å²) in [5.41, 5.74) is 6.59. The van der Waals surface area contributed by atoms with Crippen LogP contribution in [0.2, 0.25) is 0 Å². The van der Waals surface area contributed by atoms with E-state index in [0.717, 1.165) is 10.7 Å². The summed E-state index contributed by atoms with van der Waals surface area (Å²) in [5.74, 6) is 0. The molecular weight excluding hydrogens is 292 g/mol. The van der Waals surface area contributed by atoms with Crippen molar-refractivity contribution in [2.75, 3.05) is 23.9 Å². The van der Waals surface area contributed by atoms with Crippen LogP contribution < -0.4 is 11.1 Å². The van der Waals surface area contributed by atoms with Crippen molar-refractivity contribution in [3.8, 4) is 0 Å². The van der Waals surface area contributed by atoms with Gasteiger partial charge in [-0.15, -0.1) is 0 Å². The molecule has 0 heterocycles. The predicted octanol–water partition coefficient (Wildman–Crippen LogP) is 1.99. The Morgan fingerprint density at radius 1 is 1.56 bits per heavy atom. The maximum absolute atomic E-state index is 11.4. The van der Waals surface area contributed by atoms with Crippen molar-refractivity contribution in [3.05, 3.63) is 29.3 Å². The first-order valence-corrected chi connectivity index (χ1v) is 7.16. The maximum Gasteiger partial charge on any atom is 0.177 e. The van der Waals surface area contributed by atoms with Gasteiger partial charge in [-0.25, -0.2) is 8.42 Å². The molecule has 0 amide bonds. The van der Waals surface area contributed by atoms with E-state index in [1.165, 1.54) is 6.07 Å². The zero-order valence-corrected chi connectivity index (χ0v) is 11.2. The second kappa shape index (κ2) is 4.88. The molecule has 0 bridgehead atoms. The zero-order valence-electron chi connectivity index (χ0n) is 8.83. The van der Waals surface area contributed by atoms with Gasteiger partial charge in [-0.1, -0.05) is 28.6 Å². The van der Waals surface area contributed by atoms with Crippen LogP contribution in [0.3, 0.4) is 0 Å². The third-order valence-electron chi connectivity index (χ3n) is 1.94. The van der Waals surface area contributed by atoms with Gasteiger partial charge in [0.2, 0.25) is 0 Å². The highest BCUT2D eigenvalue weighted by Gasteiger charge is 2.13. The molecule has 0 fully saturated rings. The van der Waals surface area contributed by atoms with Gasteiger partial charge in [0.15, 0.2) is 9.84 Å². The monoisotopic (exact) mass is 304 g/mol. The molecule has 88 valence electrons. The van der Waals surface area contributed by atoms with Gasteiger partial charge in [0.05, 0.1) is 16.3 Å². The first-order valence-electron chi connectivity index (χ1n) is 4.48. The van der Waals surface area contributed by atoms with Crippen LogP contribution in [-0.2, 0) is 9.84 Å². The van der Waals surface area contributed by atoms with E-state index in [9.17, 15) is 8.42 Å². The Hall–Kier alpha value is -1.01. The Kier molecular flexibility index (Phi) is 3.98. The fourth-order valence-electron chi connectivity index (χ4n) is 1.21. The number of para-hydroxylation sites is 1. The van der Waals surface area contributed by atoms with Crippen molar-refractivity contribution >= 4 is 37.1 Å². The third-order valence-corrected chi connectivity index (χ3v) is 3.37. The molecule has 6 heteroatoms. The Bertz CT molecular complexity index is 512. The summed E-state index contributed by atoms with van der Waals surface area (Å²) in [6, 6.07) is 4.85. The van der Waals surface area contributed by atoms with Crippen LogP contribution in [0.4, 0.5) is 11.4 Å². The molecule has 0 unspecified atom stereocenters. The number of halogens is 1. The molecule has 0 aliphatic carbocycles. The first kappa shape index (κ1) is 13.1. The van der Waals surface area contributed by atoms with Crippen molar-refractivity contribution in [2.24, 2.45) is 0 Å². The van der Waals surface area contributed by atoms with Gasteiger partial charge in [-0.3, -0.25) is 0 Å². The Morgan fingerprint density at radius 3 is 2.69 bits per heavy atom. The average Bonchev–Trinajstić information content (AvgIpc) is 2.14. The molecule has 1 aromatic carbocycles. The summed E-state index contributed by atoms with van der Waals surface area (Å²) in [5, 5.41) is 2.99. The number of hydrogen-bond acceptors (Lipinski definition) is 4. The number of benzene rings is 1. The highest BCUT2D eigenvalue weighted by Crippen LogP contribution is 2.26. The van der Waals surface area contributed by atoms with Gasteiger partial charge in [0.25, 0.3) is 0 Å². The number of nitrogen functional groups attached to an aromatic ring is 1. The van der Waals surface area contributed by atoms with Gasteiger partial charge in [0, 0.05) is 17.3 Å². The summed E-state index contributed by atoms with van der Waals surface area (Å²) in [7, 11) is -3.29. The average molecular weight is 305 g/mol. The molecule has 3 N–H and O–H groups in total. The van der Waals surface area contributed by atoms with Crippen molar-refractivity contribution in [2.45, 2.75) is 4.90 Å². The molecule has 16 heavy (non-hydrogen) atoms. The molecule has 0 aliphatic heterocycles. The van der Waals surface area contributed by atoms with Crippen LogP contribution in [0.15, 0.2) is 34.2 Å². The minimum atomic E-state index is -3.29. The van der Waals surface area contributed by atoms with Crippen LogP contribution in [0.1, 0.15) is 0 Å². The quantitative estimate of drug-likeness (QED) is 0.835. The van der Waals surface area contributed by atoms with Crippen LogP contribution in [-0.4, -0.2) is 21.2 Å². The van der Waals surface area contributed by atoms with Crippen LogP contribution in [0.5, 0.6) is 0 Å². The minimum absolute atomic E-state index is 0.137. The SMILES string of the molecule is C=C(Br)CNc1cccc(S(C)(=O)=O)c1N. The Balaban J connectivity index is 3.10.